The maximum atomic E-state index is 12.8. The normalized spacial score (nSPS) is 12.1. The molecule has 16 heavy (non-hydrogen) atoms. The summed E-state index contributed by atoms with van der Waals surface area (Å²) in [6.07, 6.45) is 1.34. The number of rotatable bonds is 5. The van der Waals surface area contributed by atoms with E-state index in [1.54, 1.807) is 6.07 Å². The molecule has 0 bridgehead atoms. The molecule has 0 spiro atoms. The van der Waals surface area contributed by atoms with Crippen LogP contribution in [0.2, 0.25) is 5.02 Å². The largest absolute Gasteiger partial charge is 0.310 e. The standard InChI is InChI=1S/C12H14ClFN2/c1-9(16-7-3-2-6-15)11-5-4-10(14)8-12(11)13/h4-5,8-9,16H,2-3,7H2,1H3/t9-/m0/s1. The summed E-state index contributed by atoms with van der Waals surface area (Å²) in [4.78, 5) is 0. The lowest BCUT2D eigenvalue weighted by atomic mass is 10.1. The number of nitriles is 1. The average Bonchev–Trinajstić information content (AvgIpc) is 2.24. The first-order valence-corrected chi connectivity index (χ1v) is 5.58. The minimum Gasteiger partial charge on any atom is -0.310 e. The van der Waals surface area contributed by atoms with E-state index in [0.717, 1.165) is 18.5 Å². The van der Waals surface area contributed by atoms with Gasteiger partial charge in [-0.15, -0.1) is 0 Å². The van der Waals surface area contributed by atoms with E-state index in [9.17, 15) is 4.39 Å². The SMILES string of the molecule is C[C@H](NCCCC#N)c1ccc(F)cc1Cl. The molecule has 1 aromatic carbocycles. The number of benzene rings is 1. The Kier molecular flexibility index (Phi) is 5.24. The number of unbranched alkanes of at least 4 members (excludes halogenated alkanes) is 1. The molecule has 0 saturated heterocycles. The Hall–Kier alpha value is -1.11. The zero-order valence-electron chi connectivity index (χ0n) is 9.13. The van der Waals surface area contributed by atoms with E-state index in [4.69, 9.17) is 16.9 Å². The van der Waals surface area contributed by atoms with Crippen LogP contribution in [0.4, 0.5) is 4.39 Å². The molecule has 0 aliphatic carbocycles. The second-order valence-electron chi connectivity index (χ2n) is 3.60. The molecule has 0 aromatic heterocycles. The Balaban J connectivity index is 2.53. The maximum absolute atomic E-state index is 12.8. The van der Waals surface area contributed by atoms with Gasteiger partial charge in [0.05, 0.1) is 6.07 Å². The van der Waals surface area contributed by atoms with E-state index in [1.165, 1.54) is 12.1 Å². The van der Waals surface area contributed by atoms with Gasteiger partial charge >= 0.3 is 0 Å². The predicted molar refractivity (Wildman–Crippen MR) is 62.7 cm³/mol. The Bertz CT molecular complexity index is 387. The highest BCUT2D eigenvalue weighted by atomic mass is 35.5. The molecule has 0 fully saturated rings. The predicted octanol–water partition coefficient (Wildman–Crippen LogP) is 3.43. The molecule has 2 nitrogen and oxygen atoms in total. The molecule has 1 aromatic rings. The van der Waals surface area contributed by atoms with E-state index in [0.29, 0.717) is 11.4 Å². The average molecular weight is 241 g/mol. The first-order chi connectivity index (χ1) is 7.65. The van der Waals surface area contributed by atoms with E-state index < -0.39 is 0 Å². The molecular weight excluding hydrogens is 227 g/mol. The third-order valence-corrected chi connectivity index (χ3v) is 2.67. The van der Waals surface area contributed by atoms with Crippen LogP contribution in [0.1, 0.15) is 31.4 Å². The number of hydrogen-bond acceptors (Lipinski definition) is 2. The molecule has 1 rings (SSSR count). The van der Waals surface area contributed by atoms with E-state index in [2.05, 4.69) is 11.4 Å². The van der Waals surface area contributed by atoms with Gasteiger partial charge < -0.3 is 5.32 Å². The van der Waals surface area contributed by atoms with Gasteiger partial charge in [0.15, 0.2) is 0 Å². The van der Waals surface area contributed by atoms with Crippen molar-refractivity contribution in [1.29, 1.82) is 5.26 Å². The molecular formula is C12H14ClFN2. The second kappa shape index (κ2) is 6.47. The van der Waals surface area contributed by atoms with Gasteiger partial charge in [0.1, 0.15) is 5.82 Å². The fourth-order valence-electron chi connectivity index (χ4n) is 1.45. The fraction of sp³-hybridized carbons (Fsp3) is 0.417. The monoisotopic (exact) mass is 240 g/mol. The van der Waals surface area contributed by atoms with Crippen molar-refractivity contribution >= 4 is 11.6 Å². The molecule has 86 valence electrons. The summed E-state index contributed by atoms with van der Waals surface area (Å²) in [5, 5.41) is 12.0. The van der Waals surface area contributed by atoms with E-state index >= 15 is 0 Å². The molecule has 0 aliphatic heterocycles. The molecule has 0 unspecified atom stereocenters. The highest BCUT2D eigenvalue weighted by Gasteiger charge is 2.09. The van der Waals surface area contributed by atoms with Crippen LogP contribution in [0.3, 0.4) is 0 Å². The highest BCUT2D eigenvalue weighted by Crippen LogP contribution is 2.23. The van der Waals surface area contributed by atoms with Crippen LogP contribution in [-0.4, -0.2) is 6.54 Å². The first kappa shape index (κ1) is 13.0. The molecule has 0 heterocycles. The zero-order chi connectivity index (χ0) is 12.0. The fourth-order valence-corrected chi connectivity index (χ4v) is 1.78. The topological polar surface area (TPSA) is 35.8 Å². The minimum absolute atomic E-state index is 0.0618. The van der Waals surface area contributed by atoms with Gasteiger partial charge in [-0.2, -0.15) is 5.26 Å². The van der Waals surface area contributed by atoms with Crippen molar-refractivity contribution in [2.45, 2.75) is 25.8 Å². The summed E-state index contributed by atoms with van der Waals surface area (Å²) in [7, 11) is 0. The minimum atomic E-state index is -0.328. The Morgan fingerprint density at radius 2 is 2.31 bits per heavy atom. The van der Waals surface area contributed by atoms with Crippen molar-refractivity contribution in [2.24, 2.45) is 0 Å². The molecule has 1 atom stereocenters. The van der Waals surface area contributed by atoms with Crippen LogP contribution in [0.5, 0.6) is 0 Å². The van der Waals surface area contributed by atoms with Gasteiger partial charge in [-0.3, -0.25) is 0 Å². The van der Waals surface area contributed by atoms with Crippen molar-refractivity contribution < 1.29 is 4.39 Å². The Labute approximate surface area is 100 Å². The summed E-state index contributed by atoms with van der Waals surface area (Å²) in [5.41, 5.74) is 0.875. The van der Waals surface area contributed by atoms with Crippen LogP contribution in [0.15, 0.2) is 18.2 Å². The van der Waals surface area contributed by atoms with E-state index in [-0.39, 0.29) is 11.9 Å². The lowest BCUT2D eigenvalue weighted by Crippen LogP contribution is -2.20. The summed E-state index contributed by atoms with van der Waals surface area (Å²) >= 11 is 5.93. The van der Waals surface area contributed by atoms with Crippen molar-refractivity contribution in [3.05, 3.63) is 34.6 Å². The lowest BCUT2D eigenvalue weighted by Gasteiger charge is -2.15. The lowest BCUT2D eigenvalue weighted by molar-refractivity contribution is 0.559. The molecule has 0 saturated carbocycles. The van der Waals surface area contributed by atoms with Gasteiger partial charge in [0.2, 0.25) is 0 Å². The van der Waals surface area contributed by atoms with Crippen molar-refractivity contribution in [3.63, 3.8) is 0 Å². The summed E-state index contributed by atoms with van der Waals surface area (Å²) in [6.45, 7) is 2.72. The van der Waals surface area contributed by atoms with Gasteiger partial charge in [-0.1, -0.05) is 17.7 Å². The Morgan fingerprint density at radius 3 is 2.94 bits per heavy atom. The third-order valence-electron chi connectivity index (χ3n) is 2.34. The number of halogens is 2. The van der Waals surface area contributed by atoms with Gasteiger partial charge in [0.25, 0.3) is 0 Å². The van der Waals surface area contributed by atoms with Gasteiger partial charge in [-0.05, 0) is 37.6 Å². The van der Waals surface area contributed by atoms with E-state index in [1.807, 2.05) is 6.92 Å². The number of nitrogens with one attached hydrogen (secondary N) is 1. The molecule has 0 aliphatic rings. The highest BCUT2D eigenvalue weighted by molar-refractivity contribution is 6.31. The van der Waals surface area contributed by atoms with Crippen LogP contribution in [0, 0.1) is 17.1 Å². The van der Waals surface area contributed by atoms with Crippen LogP contribution in [-0.2, 0) is 0 Å². The van der Waals surface area contributed by atoms with Crippen molar-refractivity contribution in [2.75, 3.05) is 6.54 Å². The van der Waals surface area contributed by atoms with Crippen molar-refractivity contribution in [1.82, 2.24) is 5.32 Å². The Morgan fingerprint density at radius 1 is 1.56 bits per heavy atom. The first-order valence-electron chi connectivity index (χ1n) is 5.20. The van der Waals surface area contributed by atoms with Crippen LogP contribution < -0.4 is 5.32 Å². The van der Waals surface area contributed by atoms with Crippen molar-refractivity contribution in [3.8, 4) is 6.07 Å². The molecule has 4 heteroatoms. The summed E-state index contributed by atoms with van der Waals surface area (Å²) in [5.74, 6) is -0.328. The molecule has 0 amide bonds. The maximum Gasteiger partial charge on any atom is 0.124 e. The summed E-state index contributed by atoms with van der Waals surface area (Å²) < 4.78 is 12.8. The van der Waals surface area contributed by atoms with Gasteiger partial charge in [0, 0.05) is 17.5 Å². The smallest absolute Gasteiger partial charge is 0.124 e. The molecule has 1 N–H and O–H groups in total. The van der Waals surface area contributed by atoms with Crippen LogP contribution in [0.25, 0.3) is 0 Å². The zero-order valence-corrected chi connectivity index (χ0v) is 9.89. The summed E-state index contributed by atoms with van der Waals surface area (Å²) in [6, 6.07) is 6.53. The number of hydrogen-bond donors (Lipinski definition) is 1. The van der Waals surface area contributed by atoms with Gasteiger partial charge in [-0.25, -0.2) is 4.39 Å². The second-order valence-corrected chi connectivity index (χ2v) is 4.01. The third kappa shape index (κ3) is 3.80. The number of nitrogens with zero attached hydrogens (tertiary/aromatic N) is 1. The van der Waals surface area contributed by atoms with Crippen LogP contribution >= 0.6 is 11.6 Å². The molecule has 0 radical (unpaired) electrons. The quantitative estimate of drug-likeness (QED) is 0.801.